The van der Waals surface area contributed by atoms with Crippen LogP contribution in [0.3, 0.4) is 0 Å². The van der Waals surface area contributed by atoms with E-state index in [9.17, 15) is 0 Å². The first-order valence-corrected chi connectivity index (χ1v) is 6.56. The van der Waals surface area contributed by atoms with Gasteiger partial charge in [-0.3, -0.25) is 9.98 Å². The quantitative estimate of drug-likeness (QED) is 0.470. The monoisotopic (exact) mass is 268 g/mol. The van der Waals surface area contributed by atoms with Crippen LogP contribution in [0.1, 0.15) is 31.4 Å². The molecule has 0 aliphatic carbocycles. The largest absolute Gasteiger partial charge is 0.366 e. The third-order valence-corrected chi connectivity index (χ3v) is 3.04. The van der Waals surface area contributed by atoms with Crippen LogP contribution in [0, 0.1) is 0 Å². The van der Waals surface area contributed by atoms with Gasteiger partial charge in [0, 0.05) is 36.6 Å². The Morgan fingerprint density at radius 3 is 3.00 bits per heavy atom. The molecule has 100 valence electrons. The SMILES string of the molecule is CC(N=CN(C)CCCCN)c1cnccc1Cl. The number of aliphatic imine (C=N–C) groups is 1. The molecule has 1 rings (SSSR count). The molecule has 0 aliphatic heterocycles. The van der Waals surface area contributed by atoms with Crippen molar-refractivity contribution in [1.82, 2.24) is 9.88 Å². The maximum atomic E-state index is 6.10. The predicted octanol–water partition coefficient (Wildman–Crippen LogP) is 2.50. The van der Waals surface area contributed by atoms with Crippen LogP contribution in [0.5, 0.6) is 0 Å². The van der Waals surface area contributed by atoms with Gasteiger partial charge in [-0.2, -0.15) is 0 Å². The Morgan fingerprint density at radius 2 is 2.33 bits per heavy atom. The van der Waals surface area contributed by atoms with Crippen molar-refractivity contribution in [3.8, 4) is 0 Å². The van der Waals surface area contributed by atoms with E-state index in [0.29, 0.717) is 5.02 Å². The zero-order valence-electron chi connectivity index (χ0n) is 11.0. The first kappa shape index (κ1) is 14.9. The molecule has 0 saturated heterocycles. The Hall–Kier alpha value is -1.13. The summed E-state index contributed by atoms with van der Waals surface area (Å²) in [5, 5.41) is 0.709. The second-order valence-electron chi connectivity index (χ2n) is 4.31. The minimum absolute atomic E-state index is 0.0168. The van der Waals surface area contributed by atoms with Crippen LogP contribution in [-0.2, 0) is 0 Å². The van der Waals surface area contributed by atoms with Crippen LogP contribution in [0.15, 0.2) is 23.5 Å². The van der Waals surface area contributed by atoms with Crippen LogP contribution in [0.2, 0.25) is 5.02 Å². The summed E-state index contributed by atoms with van der Waals surface area (Å²) >= 11 is 6.10. The number of nitrogens with zero attached hydrogens (tertiary/aromatic N) is 3. The highest BCUT2D eigenvalue weighted by Crippen LogP contribution is 2.23. The molecule has 1 atom stereocenters. The summed E-state index contributed by atoms with van der Waals surface area (Å²) in [6, 6.07) is 1.80. The number of nitrogens with two attached hydrogens (primary N) is 1. The Bertz CT molecular complexity index is 381. The maximum Gasteiger partial charge on any atom is 0.0854 e. The average Bonchev–Trinajstić information content (AvgIpc) is 2.37. The first-order valence-electron chi connectivity index (χ1n) is 6.18. The lowest BCUT2D eigenvalue weighted by atomic mass is 10.1. The number of halogens is 1. The number of unbranched alkanes of at least 4 members (excludes halogenated alkanes) is 1. The second kappa shape index (κ2) is 8.06. The van der Waals surface area contributed by atoms with Gasteiger partial charge in [-0.05, 0) is 32.4 Å². The molecule has 0 saturated carbocycles. The fourth-order valence-corrected chi connectivity index (χ4v) is 1.82. The fourth-order valence-electron chi connectivity index (χ4n) is 1.55. The molecule has 1 aromatic rings. The average molecular weight is 269 g/mol. The highest BCUT2D eigenvalue weighted by Gasteiger charge is 2.07. The van der Waals surface area contributed by atoms with Gasteiger partial charge in [0.2, 0.25) is 0 Å². The van der Waals surface area contributed by atoms with Crippen molar-refractivity contribution in [2.75, 3.05) is 20.1 Å². The molecule has 0 bridgehead atoms. The van der Waals surface area contributed by atoms with Gasteiger partial charge in [-0.25, -0.2) is 0 Å². The van der Waals surface area contributed by atoms with Gasteiger partial charge in [0.15, 0.2) is 0 Å². The van der Waals surface area contributed by atoms with Crippen molar-refractivity contribution in [3.63, 3.8) is 0 Å². The van der Waals surface area contributed by atoms with Gasteiger partial charge in [0.25, 0.3) is 0 Å². The van der Waals surface area contributed by atoms with Crippen LogP contribution in [0.25, 0.3) is 0 Å². The maximum absolute atomic E-state index is 6.10. The van der Waals surface area contributed by atoms with E-state index < -0.39 is 0 Å². The summed E-state index contributed by atoms with van der Waals surface area (Å²) in [5.74, 6) is 0. The molecule has 0 radical (unpaired) electrons. The zero-order valence-corrected chi connectivity index (χ0v) is 11.8. The molecule has 0 spiro atoms. The number of hydrogen-bond donors (Lipinski definition) is 1. The normalized spacial score (nSPS) is 12.9. The van der Waals surface area contributed by atoms with Gasteiger partial charge >= 0.3 is 0 Å². The molecule has 1 unspecified atom stereocenters. The van der Waals surface area contributed by atoms with Crippen molar-refractivity contribution in [1.29, 1.82) is 0 Å². The molecular formula is C13H21ClN4. The smallest absolute Gasteiger partial charge is 0.0854 e. The summed E-state index contributed by atoms with van der Waals surface area (Å²) in [7, 11) is 2.01. The van der Waals surface area contributed by atoms with E-state index >= 15 is 0 Å². The van der Waals surface area contributed by atoms with Crippen molar-refractivity contribution >= 4 is 17.9 Å². The number of rotatable bonds is 7. The Labute approximate surface area is 114 Å². The van der Waals surface area contributed by atoms with E-state index in [-0.39, 0.29) is 6.04 Å². The van der Waals surface area contributed by atoms with Crippen LogP contribution in [-0.4, -0.2) is 36.4 Å². The van der Waals surface area contributed by atoms with Crippen molar-refractivity contribution < 1.29 is 0 Å². The third kappa shape index (κ3) is 5.02. The minimum Gasteiger partial charge on any atom is -0.366 e. The zero-order chi connectivity index (χ0) is 13.4. The molecule has 0 amide bonds. The lowest BCUT2D eigenvalue weighted by molar-refractivity contribution is 0.488. The predicted molar refractivity (Wildman–Crippen MR) is 77.1 cm³/mol. The molecule has 0 fully saturated rings. The van der Waals surface area contributed by atoms with E-state index in [2.05, 4.69) is 14.9 Å². The molecule has 1 heterocycles. The molecule has 5 heteroatoms. The molecule has 18 heavy (non-hydrogen) atoms. The van der Waals surface area contributed by atoms with E-state index in [1.807, 2.05) is 20.3 Å². The first-order chi connectivity index (χ1) is 8.65. The van der Waals surface area contributed by atoms with Crippen molar-refractivity contribution in [2.45, 2.75) is 25.8 Å². The van der Waals surface area contributed by atoms with Gasteiger partial charge in [-0.1, -0.05) is 11.6 Å². The summed E-state index contributed by atoms with van der Waals surface area (Å²) < 4.78 is 0. The lowest BCUT2D eigenvalue weighted by Crippen LogP contribution is -2.18. The summed E-state index contributed by atoms with van der Waals surface area (Å²) in [5.41, 5.74) is 6.41. The number of hydrogen-bond acceptors (Lipinski definition) is 3. The fraction of sp³-hybridized carbons (Fsp3) is 0.538. The van der Waals surface area contributed by atoms with Crippen molar-refractivity contribution in [2.24, 2.45) is 10.7 Å². The van der Waals surface area contributed by atoms with E-state index in [1.165, 1.54) is 0 Å². The Kier molecular flexibility index (Phi) is 6.68. The van der Waals surface area contributed by atoms with Crippen LogP contribution in [0.4, 0.5) is 0 Å². The van der Waals surface area contributed by atoms with Gasteiger partial charge in [0.05, 0.1) is 12.4 Å². The standard InChI is InChI=1S/C13H21ClN4/c1-11(12-9-16-7-5-13(12)14)17-10-18(2)8-4-3-6-15/h5,7,9-11H,3-4,6,8,15H2,1-2H3. The molecule has 0 aliphatic rings. The summed E-state index contributed by atoms with van der Waals surface area (Å²) in [6.07, 6.45) is 7.42. The van der Waals surface area contributed by atoms with Gasteiger partial charge < -0.3 is 10.6 Å². The highest BCUT2D eigenvalue weighted by atomic mass is 35.5. The van der Waals surface area contributed by atoms with Gasteiger partial charge in [-0.15, -0.1) is 0 Å². The second-order valence-corrected chi connectivity index (χ2v) is 4.72. The minimum atomic E-state index is 0.0168. The van der Waals surface area contributed by atoms with E-state index in [0.717, 1.165) is 31.5 Å². The molecule has 2 N–H and O–H groups in total. The lowest BCUT2D eigenvalue weighted by Gasteiger charge is -2.14. The van der Waals surface area contributed by atoms with Crippen LogP contribution < -0.4 is 5.73 Å². The van der Waals surface area contributed by atoms with Crippen LogP contribution >= 0.6 is 11.6 Å². The molecule has 4 nitrogen and oxygen atoms in total. The van der Waals surface area contributed by atoms with E-state index in [1.54, 1.807) is 18.5 Å². The topological polar surface area (TPSA) is 54.5 Å². The molecule has 1 aromatic heterocycles. The highest BCUT2D eigenvalue weighted by molar-refractivity contribution is 6.31. The van der Waals surface area contributed by atoms with Gasteiger partial charge in [0.1, 0.15) is 0 Å². The number of pyridine rings is 1. The number of aromatic nitrogens is 1. The Morgan fingerprint density at radius 1 is 1.56 bits per heavy atom. The van der Waals surface area contributed by atoms with Crippen molar-refractivity contribution in [3.05, 3.63) is 29.0 Å². The Balaban J connectivity index is 2.48. The summed E-state index contributed by atoms with van der Waals surface area (Å²) in [6.45, 7) is 3.72. The summed E-state index contributed by atoms with van der Waals surface area (Å²) in [4.78, 5) is 10.6. The molecular weight excluding hydrogens is 248 g/mol. The molecule has 0 aromatic carbocycles. The third-order valence-electron chi connectivity index (χ3n) is 2.70. The van der Waals surface area contributed by atoms with E-state index in [4.69, 9.17) is 17.3 Å².